The highest BCUT2D eigenvalue weighted by atomic mass is 35.5. The zero-order valence-electron chi connectivity index (χ0n) is 12.6. The molecule has 0 fully saturated rings. The van der Waals surface area contributed by atoms with Gasteiger partial charge < -0.3 is 16.0 Å². The Bertz CT molecular complexity index is 1130. The summed E-state index contributed by atoms with van der Waals surface area (Å²) in [6.45, 7) is 0. The largest absolute Gasteiger partial charge is 0.383 e. The minimum Gasteiger partial charge on any atom is -0.383 e. The summed E-state index contributed by atoms with van der Waals surface area (Å²) in [4.78, 5) is 20.6. The number of aromatic nitrogens is 3. The van der Waals surface area contributed by atoms with Gasteiger partial charge in [-0.1, -0.05) is 17.7 Å². The average Bonchev–Trinajstić information content (AvgIpc) is 3.08. The number of anilines is 1. The first-order valence-corrected chi connectivity index (χ1v) is 8.30. The topological polar surface area (TPSA) is 99.8 Å². The minimum absolute atomic E-state index is 0.412. The fourth-order valence-electron chi connectivity index (χ4n) is 2.91. The van der Waals surface area contributed by atoms with Gasteiger partial charge in [0.2, 0.25) is 5.91 Å². The van der Waals surface area contributed by atoms with Crippen molar-refractivity contribution in [1.29, 1.82) is 0 Å². The maximum Gasteiger partial charge on any atom is 0.248 e. The Hall–Kier alpha value is -2.64. The third kappa shape index (κ3) is 1.98. The molecule has 4 rings (SSSR count). The van der Waals surface area contributed by atoms with Crippen LogP contribution in [-0.2, 0) is 7.05 Å². The summed E-state index contributed by atoms with van der Waals surface area (Å²) in [7, 11) is 1.89. The van der Waals surface area contributed by atoms with Crippen LogP contribution in [-0.4, -0.2) is 20.4 Å². The second-order valence-corrected chi connectivity index (χ2v) is 6.64. The Morgan fingerprint density at radius 3 is 2.88 bits per heavy atom. The van der Waals surface area contributed by atoms with E-state index in [0.717, 1.165) is 32.4 Å². The fourth-order valence-corrected chi connectivity index (χ4v) is 4.20. The van der Waals surface area contributed by atoms with Gasteiger partial charge in [0.05, 0.1) is 21.6 Å². The van der Waals surface area contributed by atoms with E-state index in [0.29, 0.717) is 16.4 Å². The Kier molecular flexibility index (Phi) is 3.22. The number of rotatable bonds is 2. The third-order valence-electron chi connectivity index (χ3n) is 4.08. The quantitative estimate of drug-likeness (QED) is 0.575. The van der Waals surface area contributed by atoms with Gasteiger partial charge >= 0.3 is 0 Å². The monoisotopic (exact) mass is 357 g/mol. The maximum absolute atomic E-state index is 11.4. The lowest BCUT2D eigenvalue weighted by atomic mass is 10.1. The fraction of sp³-hybridized carbons (Fsp3) is 0.0625. The van der Waals surface area contributed by atoms with Gasteiger partial charge in [-0.05, 0) is 12.1 Å². The molecule has 6 nitrogen and oxygen atoms in total. The number of hydrogen-bond acceptors (Lipinski definition) is 5. The van der Waals surface area contributed by atoms with Gasteiger partial charge in [-0.25, -0.2) is 9.97 Å². The van der Waals surface area contributed by atoms with Crippen LogP contribution in [0.25, 0.3) is 32.4 Å². The van der Waals surface area contributed by atoms with Crippen LogP contribution in [0.1, 0.15) is 10.4 Å². The van der Waals surface area contributed by atoms with E-state index in [4.69, 9.17) is 23.1 Å². The molecule has 0 saturated carbocycles. The molecule has 0 atom stereocenters. The molecule has 0 spiro atoms. The van der Waals surface area contributed by atoms with E-state index in [1.165, 1.54) is 17.7 Å². The smallest absolute Gasteiger partial charge is 0.248 e. The lowest BCUT2D eigenvalue weighted by Gasteiger charge is -2.05. The minimum atomic E-state index is -0.477. The normalized spacial score (nSPS) is 11.4. The molecule has 4 aromatic rings. The van der Waals surface area contributed by atoms with E-state index in [1.54, 1.807) is 18.2 Å². The highest BCUT2D eigenvalue weighted by Crippen LogP contribution is 2.42. The molecule has 0 unspecified atom stereocenters. The van der Waals surface area contributed by atoms with Crippen LogP contribution in [0.2, 0.25) is 5.02 Å². The van der Waals surface area contributed by atoms with Crippen LogP contribution in [0, 0.1) is 0 Å². The van der Waals surface area contributed by atoms with Gasteiger partial charge in [0.15, 0.2) is 0 Å². The van der Waals surface area contributed by atoms with Crippen LogP contribution in [0.4, 0.5) is 5.82 Å². The number of primary amides is 1. The third-order valence-corrected chi connectivity index (χ3v) is 5.35. The molecule has 1 aromatic carbocycles. The predicted octanol–water partition coefficient (Wildman–Crippen LogP) is 3.18. The summed E-state index contributed by atoms with van der Waals surface area (Å²) in [5.41, 5.74) is 14.3. The average molecular weight is 358 g/mol. The van der Waals surface area contributed by atoms with Gasteiger partial charge in [-0.2, -0.15) is 0 Å². The number of benzene rings is 1. The second-order valence-electron chi connectivity index (χ2n) is 5.41. The van der Waals surface area contributed by atoms with Crippen LogP contribution < -0.4 is 11.5 Å². The van der Waals surface area contributed by atoms with Crippen LogP contribution in [0.15, 0.2) is 29.9 Å². The number of carbonyl (C=O) groups is 1. The lowest BCUT2D eigenvalue weighted by Crippen LogP contribution is -2.10. The first-order valence-electron chi connectivity index (χ1n) is 7.05. The van der Waals surface area contributed by atoms with Crippen LogP contribution in [0.5, 0.6) is 0 Å². The van der Waals surface area contributed by atoms with Gasteiger partial charge in [0.25, 0.3) is 0 Å². The summed E-state index contributed by atoms with van der Waals surface area (Å²) < 4.78 is 1.93. The van der Waals surface area contributed by atoms with Crippen LogP contribution in [0.3, 0.4) is 0 Å². The molecule has 0 radical (unpaired) electrons. The summed E-state index contributed by atoms with van der Waals surface area (Å²) in [5, 5.41) is 4.18. The predicted molar refractivity (Wildman–Crippen MR) is 97.3 cm³/mol. The van der Waals surface area contributed by atoms with Crippen molar-refractivity contribution in [2.24, 2.45) is 12.8 Å². The summed E-state index contributed by atoms with van der Waals surface area (Å²) in [6, 6.07) is 5.21. The second kappa shape index (κ2) is 5.19. The zero-order valence-corrected chi connectivity index (χ0v) is 14.1. The van der Waals surface area contributed by atoms with Crippen molar-refractivity contribution < 1.29 is 4.79 Å². The Morgan fingerprint density at radius 2 is 2.12 bits per heavy atom. The van der Waals surface area contributed by atoms with Crippen LogP contribution >= 0.6 is 22.9 Å². The van der Waals surface area contributed by atoms with E-state index in [-0.39, 0.29) is 0 Å². The van der Waals surface area contributed by atoms with Crippen molar-refractivity contribution in [3.63, 3.8) is 0 Å². The maximum atomic E-state index is 11.4. The van der Waals surface area contributed by atoms with E-state index in [9.17, 15) is 4.79 Å². The number of carbonyl (C=O) groups excluding carboxylic acids is 1. The summed E-state index contributed by atoms with van der Waals surface area (Å²) >= 11 is 8.11. The number of nitrogens with two attached hydrogens (primary N) is 2. The molecule has 1 amide bonds. The van der Waals surface area contributed by atoms with Gasteiger partial charge in [-0.15, -0.1) is 11.3 Å². The number of nitrogens with zero attached hydrogens (tertiary/aromatic N) is 3. The molecule has 120 valence electrons. The van der Waals surface area contributed by atoms with E-state index in [2.05, 4.69) is 9.97 Å². The Morgan fingerprint density at radius 1 is 1.33 bits per heavy atom. The molecule has 3 aromatic heterocycles. The Labute approximate surface area is 145 Å². The Balaban J connectivity index is 2.08. The highest BCUT2D eigenvalue weighted by Gasteiger charge is 2.20. The lowest BCUT2D eigenvalue weighted by molar-refractivity contribution is 0.100. The molecule has 0 saturated heterocycles. The molecule has 0 aliphatic rings. The van der Waals surface area contributed by atoms with E-state index < -0.39 is 5.91 Å². The van der Waals surface area contributed by atoms with Gasteiger partial charge in [0.1, 0.15) is 17.0 Å². The van der Waals surface area contributed by atoms with E-state index in [1.807, 2.05) is 17.0 Å². The standard InChI is InChI=1S/C16H12ClN5OS/c1-22-10-4-7(15(19)23)2-3-8(10)12(17)13(22)9-5-24-16-11(9)14(18)20-6-21-16/h2-6H,1H3,(H2,19,23)(H2,18,20,21). The highest BCUT2D eigenvalue weighted by molar-refractivity contribution is 7.17. The molecule has 3 heterocycles. The summed E-state index contributed by atoms with van der Waals surface area (Å²) in [6.07, 6.45) is 1.44. The van der Waals surface area contributed by atoms with E-state index >= 15 is 0 Å². The molecular weight excluding hydrogens is 346 g/mol. The van der Waals surface area contributed by atoms with Gasteiger partial charge in [0, 0.05) is 28.9 Å². The first-order chi connectivity index (χ1) is 11.5. The number of fused-ring (bicyclic) bond motifs is 2. The first kappa shape index (κ1) is 14.9. The van der Waals surface area contributed by atoms with Crippen molar-refractivity contribution >= 4 is 55.8 Å². The van der Waals surface area contributed by atoms with Crippen molar-refractivity contribution in [2.75, 3.05) is 5.73 Å². The zero-order chi connectivity index (χ0) is 17.0. The molecule has 0 aliphatic carbocycles. The van der Waals surface area contributed by atoms with Crippen molar-refractivity contribution in [3.8, 4) is 11.3 Å². The molecule has 0 bridgehead atoms. The molecular formula is C16H12ClN5OS. The molecule has 24 heavy (non-hydrogen) atoms. The number of nitrogen functional groups attached to an aromatic ring is 1. The van der Waals surface area contributed by atoms with Crippen molar-refractivity contribution in [2.45, 2.75) is 0 Å². The number of amides is 1. The number of thiophene rings is 1. The summed E-state index contributed by atoms with van der Waals surface area (Å²) in [5.74, 6) is -0.0650. The number of hydrogen-bond donors (Lipinski definition) is 2. The van der Waals surface area contributed by atoms with Crippen molar-refractivity contribution in [1.82, 2.24) is 14.5 Å². The number of aryl methyl sites for hydroxylation is 1. The molecule has 8 heteroatoms. The van der Waals surface area contributed by atoms with Crippen molar-refractivity contribution in [3.05, 3.63) is 40.5 Å². The SMILES string of the molecule is Cn1c(-c2csc3ncnc(N)c23)c(Cl)c2ccc(C(N)=O)cc21. The molecule has 4 N–H and O–H groups in total. The number of halogens is 1. The van der Waals surface area contributed by atoms with Gasteiger partial charge in [-0.3, -0.25) is 4.79 Å². The molecule has 0 aliphatic heterocycles.